The van der Waals surface area contributed by atoms with Gasteiger partial charge in [-0.2, -0.15) is 5.10 Å². The standard InChI is InChI=1S/C15H20BrN5.HI/c1-11-13(9-19-20-11)8-18-15(17-2)21(3)10-12-4-6-14(16)7-5-12;/h4-7,9H,8,10H2,1-3H3,(H,17,18)(H,19,20);1H. The molecule has 2 rings (SSSR count). The number of benzene rings is 1. The zero-order valence-electron chi connectivity index (χ0n) is 12.9. The number of aryl methyl sites for hydroxylation is 1. The van der Waals surface area contributed by atoms with E-state index in [0.29, 0.717) is 6.54 Å². The third-order valence-corrected chi connectivity index (χ3v) is 3.81. The normalized spacial score (nSPS) is 11.0. The summed E-state index contributed by atoms with van der Waals surface area (Å²) in [5, 5.41) is 10.3. The first-order valence-corrected chi connectivity index (χ1v) is 7.54. The van der Waals surface area contributed by atoms with E-state index in [2.05, 4.69) is 53.5 Å². The van der Waals surface area contributed by atoms with Crippen LogP contribution in [0.2, 0.25) is 0 Å². The minimum Gasteiger partial charge on any atom is -0.352 e. The number of halogens is 2. The van der Waals surface area contributed by atoms with E-state index in [-0.39, 0.29) is 24.0 Å². The van der Waals surface area contributed by atoms with Gasteiger partial charge in [-0.1, -0.05) is 28.1 Å². The van der Waals surface area contributed by atoms with Crippen LogP contribution in [-0.4, -0.2) is 35.2 Å². The number of aromatic nitrogens is 2. The van der Waals surface area contributed by atoms with Gasteiger partial charge in [-0.25, -0.2) is 0 Å². The Hall–Kier alpha value is -1.09. The van der Waals surface area contributed by atoms with E-state index in [9.17, 15) is 0 Å². The van der Waals surface area contributed by atoms with Gasteiger partial charge in [-0.05, 0) is 24.6 Å². The molecule has 0 bridgehead atoms. The van der Waals surface area contributed by atoms with Crippen molar-refractivity contribution in [2.75, 3.05) is 14.1 Å². The Balaban J connectivity index is 0.00000242. The fourth-order valence-corrected chi connectivity index (χ4v) is 2.32. The Morgan fingerprint density at radius 3 is 2.59 bits per heavy atom. The Kier molecular flexibility index (Phi) is 7.88. The zero-order valence-corrected chi connectivity index (χ0v) is 16.8. The summed E-state index contributed by atoms with van der Waals surface area (Å²) in [5.41, 5.74) is 3.46. The molecule has 0 aliphatic heterocycles. The Morgan fingerprint density at radius 1 is 1.36 bits per heavy atom. The van der Waals surface area contributed by atoms with Crippen LogP contribution in [0, 0.1) is 6.92 Å². The largest absolute Gasteiger partial charge is 0.352 e. The molecule has 1 heterocycles. The van der Waals surface area contributed by atoms with Gasteiger partial charge < -0.3 is 10.2 Å². The van der Waals surface area contributed by atoms with Gasteiger partial charge in [0.1, 0.15) is 0 Å². The van der Waals surface area contributed by atoms with Crippen molar-refractivity contribution in [3.8, 4) is 0 Å². The first-order valence-electron chi connectivity index (χ1n) is 6.75. The minimum absolute atomic E-state index is 0. The zero-order chi connectivity index (χ0) is 15.2. The van der Waals surface area contributed by atoms with Gasteiger partial charge in [0.15, 0.2) is 5.96 Å². The number of guanidine groups is 1. The second kappa shape index (κ2) is 9.14. The number of rotatable bonds is 4. The average molecular weight is 478 g/mol. The molecule has 0 saturated heterocycles. The molecular weight excluding hydrogens is 457 g/mol. The summed E-state index contributed by atoms with van der Waals surface area (Å²) in [6.07, 6.45) is 1.84. The molecule has 7 heteroatoms. The van der Waals surface area contributed by atoms with Crippen LogP contribution in [0.25, 0.3) is 0 Å². The Morgan fingerprint density at radius 2 is 2.05 bits per heavy atom. The van der Waals surface area contributed by atoms with E-state index < -0.39 is 0 Å². The molecule has 0 unspecified atom stereocenters. The van der Waals surface area contributed by atoms with E-state index in [0.717, 1.165) is 28.2 Å². The van der Waals surface area contributed by atoms with Crippen LogP contribution in [-0.2, 0) is 13.1 Å². The fourth-order valence-electron chi connectivity index (χ4n) is 2.05. The lowest BCUT2D eigenvalue weighted by Gasteiger charge is -2.22. The van der Waals surface area contributed by atoms with Crippen molar-refractivity contribution < 1.29 is 0 Å². The SMILES string of the molecule is CN=C(NCc1cn[nH]c1C)N(C)Cc1ccc(Br)cc1.I. The van der Waals surface area contributed by atoms with Crippen LogP contribution in [0.4, 0.5) is 0 Å². The van der Waals surface area contributed by atoms with Gasteiger partial charge in [0.05, 0.1) is 6.20 Å². The van der Waals surface area contributed by atoms with Crippen molar-refractivity contribution in [3.63, 3.8) is 0 Å². The van der Waals surface area contributed by atoms with Crippen LogP contribution in [0.3, 0.4) is 0 Å². The summed E-state index contributed by atoms with van der Waals surface area (Å²) in [7, 11) is 3.82. The first-order chi connectivity index (χ1) is 10.1. The fraction of sp³-hybridized carbons (Fsp3) is 0.333. The number of nitrogens with one attached hydrogen (secondary N) is 2. The molecule has 0 radical (unpaired) electrons. The van der Waals surface area contributed by atoms with Crippen molar-refractivity contribution in [1.82, 2.24) is 20.4 Å². The van der Waals surface area contributed by atoms with Crippen molar-refractivity contribution in [2.24, 2.45) is 4.99 Å². The van der Waals surface area contributed by atoms with Crippen molar-refractivity contribution in [2.45, 2.75) is 20.0 Å². The number of H-pyrrole nitrogens is 1. The topological polar surface area (TPSA) is 56.3 Å². The van der Waals surface area contributed by atoms with Gasteiger partial charge in [0.2, 0.25) is 0 Å². The summed E-state index contributed by atoms with van der Waals surface area (Å²) in [6.45, 7) is 3.52. The smallest absolute Gasteiger partial charge is 0.193 e. The van der Waals surface area contributed by atoms with E-state index >= 15 is 0 Å². The first kappa shape index (κ1) is 19.0. The second-order valence-corrected chi connectivity index (χ2v) is 5.82. The maximum atomic E-state index is 4.32. The molecule has 0 amide bonds. The summed E-state index contributed by atoms with van der Waals surface area (Å²) in [4.78, 5) is 6.42. The maximum absolute atomic E-state index is 4.32. The van der Waals surface area contributed by atoms with Crippen molar-refractivity contribution in [3.05, 3.63) is 51.8 Å². The van der Waals surface area contributed by atoms with Gasteiger partial charge in [0, 0.05) is 42.9 Å². The molecule has 0 atom stereocenters. The van der Waals surface area contributed by atoms with Crippen LogP contribution in [0.15, 0.2) is 39.9 Å². The number of hydrogen-bond acceptors (Lipinski definition) is 2. The molecule has 1 aromatic carbocycles. The molecule has 1 aromatic heterocycles. The summed E-state index contributed by atoms with van der Waals surface area (Å²) in [6, 6.07) is 8.31. The van der Waals surface area contributed by atoms with Gasteiger partial charge in [-0.3, -0.25) is 10.1 Å². The van der Waals surface area contributed by atoms with E-state index in [1.165, 1.54) is 5.56 Å². The third-order valence-electron chi connectivity index (χ3n) is 3.28. The average Bonchev–Trinajstić information content (AvgIpc) is 2.88. The number of nitrogens with zero attached hydrogens (tertiary/aromatic N) is 3. The molecular formula is C15H21BrIN5. The summed E-state index contributed by atoms with van der Waals surface area (Å²) < 4.78 is 1.09. The highest BCUT2D eigenvalue weighted by atomic mass is 127. The quantitative estimate of drug-likeness (QED) is 0.403. The molecule has 0 saturated carbocycles. The third kappa shape index (κ3) is 5.28. The van der Waals surface area contributed by atoms with Gasteiger partial charge in [0.25, 0.3) is 0 Å². The molecule has 0 fully saturated rings. The summed E-state index contributed by atoms with van der Waals surface area (Å²) >= 11 is 3.45. The van der Waals surface area contributed by atoms with Crippen LogP contribution in [0.5, 0.6) is 0 Å². The lowest BCUT2D eigenvalue weighted by atomic mass is 10.2. The monoisotopic (exact) mass is 477 g/mol. The Labute approximate surface area is 156 Å². The minimum atomic E-state index is 0. The molecule has 22 heavy (non-hydrogen) atoms. The van der Waals surface area contributed by atoms with Gasteiger partial charge in [-0.15, -0.1) is 24.0 Å². The van der Waals surface area contributed by atoms with Crippen LogP contribution >= 0.6 is 39.9 Å². The lowest BCUT2D eigenvalue weighted by molar-refractivity contribution is 0.476. The highest BCUT2D eigenvalue weighted by Gasteiger charge is 2.08. The molecule has 5 nitrogen and oxygen atoms in total. The van der Waals surface area contributed by atoms with E-state index in [1.807, 2.05) is 32.3 Å². The predicted molar refractivity (Wildman–Crippen MR) is 105 cm³/mol. The number of aromatic amines is 1. The van der Waals surface area contributed by atoms with Gasteiger partial charge >= 0.3 is 0 Å². The maximum Gasteiger partial charge on any atom is 0.193 e. The lowest BCUT2D eigenvalue weighted by Crippen LogP contribution is -2.38. The number of hydrogen-bond donors (Lipinski definition) is 2. The molecule has 0 aliphatic carbocycles. The van der Waals surface area contributed by atoms with E-state index in [4.69, 9.17) is 0 Å². The molecule has 0 aliphatic rings. The summed E-state index contributed by atoms with van der Waals surface area (Å²) in [5.74, 6) is 0.860. The van der Waals surface area contributed by atoms with Crippen molar-refractivity contribution >= 4 is 45.9 Å². The highest BCUT2D eigenvalue weighted by Crippen LogP contribution is 2.12. The molecule has 0 spiro atoms. The molecule has 2 N–H and O–H groups in total. The van der Waals surface area contributed by atoms with Crippen LogP contribution < -0.4 is 5.32 Å². The predicted octanol–water partition coefficient (Wildman–Crippen LogP) is 3.31. The molecule has 2 aromatic rings. The second-order valence-electron chi connectivity index (χ2n) is 4.90. The van der Waals surface area contributed by atoms with Crippen LogP contribution in [0.1, 0.15) is 16.8 Å². The molecule has 120 valence electrons. The highest BCUT2D eigenvalue weighted by molar-refractivity contribution is 14.0. The number of aliphatic imine (C=N–C) groups is 1. The van der Waals surface area contributed by atoms with E-state index in [1.54, 1.807) is 7.05 Å². The Bertz CT molecular complexity index is 609. The van der Waals surface area contributed by atoms with Crippen molar-refractivity contribution in [1.29, 1.82) is 0 Å².